The standard InChI is InChI=1S/C34H32N4O8/c39-35-17-25-9-1-5-13-31(25)43-21-29(22-44-32-14-6-2-10-26(32)18-36-40)30(23-45-33-15-7-3-11-27(33)19-37-41)24-46-34-16-8-4-12-28(34)20-38-42/h1-20,39-42H,21-24H2/b35-17+,36-18+,37-19+,38-20+. The first-order chi connectivity index (χ1) is 22.7. The van der Waals surface area contributed by atoms with Gasteiger partial charge in [-0.25, -0.2) is 0 Å². The van der Waals surface area contributed by atoms with E-state index in [1.165, 1.54) is 24.9 Å². The molecule has 4 aromatic carbocycles. The van der Waals surface area contributed by atoms with Crippen molar-refractivity contribution >= 4 is 24.9 Å². The highest BCUT2D eigenvalue weighted by molar-refractivity contribution is 5.84. The molecule has 46 heavy (non-hydrogen) atoms. The van der Waals surface area contributed by atoms with Gasteiger partial charge in [0.1, 0.15) is 49.4 Å². The van der Waals surface area contributed by atoms with Crippen molar-refractivity contribution in [1.29, 1.82) is 0 Å². The Labute approximate surface area is 265 Å². The highest BCUT2D eigenvalue weighted by Crippen LogP contribution is 2.24. The van der Waals surface area contributed by atoms with Crippen molar-refractivity contribution < 1.29 is 39.8 Å². The van der Waals surface area contributed by atoms with Crippen LogP contribution in [0.15, 0.2) is 129 Å². The lowest BCUT2D eigenvalue weighted by molar-refractivity contribution is 0.270. The molecule has 12 heteroatoms. The second kappa shape index (κ2) is 17.7. The normalized spacial score (nSPS) is 11.4. The predicted molar refractivity (Wildman–Crippen MR) is 172 cm³/mol. The summed E-state index contributed by atoms with van der Waals surface area (Å²) < 4.78 is 24.8. The number of benzene rings is 4. The van der Waals surface area contributed by atoms with Crippen LogP contribution in [-0.4, -0.2) is 72.1 Å². The maximum atomic E-state index is 9.14. The van der Waals surface area contributed by atoms with E-state index in [0.717, 1.165) is 0 Å². The Hall–Kier alpha value is -6.30. The molecule has 0 atom stereocenters. The molecule has 4 N–H and O–H groups in total. The first kappa shape index (κ1) is 32.6. The minimum Gasteiger partial charge on any atom is -0.488 e. The molecule has 0 unspecified atom stereocenters. The van der Waals surface area contributed by atoms with E-state index < -0.39 is 0 Å². The third-order valence-corrected chi connectivity index (χ3v) is 6.57. The highest BCUT2D eigenvalue weighted by atomic mass is 16.5. The summed E-state index contributed by atoms with van der Waals surface area (Å²) in [5.74, 6) is 1.84. The fourth-order valence-electron chi connectivity index (χ4n) is 4.27. The number of hydrogen-bond donors (Lipinski definition) is 4. The molecular formula is C34H32N4O8. The summed E-state index contributed by atoms with van der Waals surface area (Å²) in [6.07, 6.45) is 5.08. The lowest BCUT2D eigenvalue weighted by Crippen LogP contribution is -2.20. The van der Waals surface area contributed by atoms with Crippen LogP contribution in [-0.2, 0) is 0 Å². The second-order valence-corrected chi connectivity index (χ2v) is 9.49. The minimum absolute atomic E-state index is 0.0219. The third kappa shape index (κ3) is 9.35. The molecule has 4 aromatic rings. The average Bonchev–Trinajstić information content (AvgIpc) is 3.08. The van der Waals surface area contributed by atoms with E-state index in [-0.39, 0.29) is 26.4 Å². The van der Waals surface area contributed by atoms with E-state index in [2.05, 4.69) is 20.6 Å². The molecule has 0 aliphatic heterocycles. The molecule has 0 saturated carbocycles. The van der Waals surface area contributed by atoms with Crippen molar-refractivity contribution in [2.45, 2.75) is 0 Å². The van der Waals surface area contributed by atoms with Gasteiger partial charge in [0.15, 0.2) is 0 Å². The van der Waals surface area contributed by atoms with Crippen LogP contribution in [0.4, 0.5) is 0 Å². The molecule has 0 radical (unpaired) electrons. The summed E-state index contributed by atoms with van der Waals surface area (Å²) in [6.45, 7) is 0.0876. The molecule has 236 valence electrons. The quantitative estimate of drug-likeness (QED) is 0.0523. The van der Waals surface area contributed by atoms with Gasteiger partial charge in [-0.15, -0.1) is 0 Å². The molecular weight excluding hydrogens is 592 g/mol. The molecule has 0 saturated heterocycles. The summed E-state index contributed by atoms with van der Waals surface area (Å²) >= 11 is 0. The third-order valence-electron chi connectivity index (χ3n) is 6.57. The molecule has 12 nitrogen and oxygen atoms in total. The zero-order valence-electron chi connectivity index (χ0n) is 24.6. The van der Waals surface area contributed by atoms with Gasteiger partial charge in [0.05, 0.1) is 24.9 Å². The Balaban J connectivity index is 1.73. The summed E-state index contributed by atoms with van der Waals surface area (Å²) in [5.41, 5.74) is 3.51. The Morgan fingerprint density at radius 1 is 0.391 bits per heavy atom. The van der Waals surface area contributed by atoms with E-state index in [4.69, 9.17) is 39.8 Å². The molecule has 0 amide bonds. The van der Waals surface area contributed by atoms with Crippen LogP contribution in [0.25, 0.3) is 0 Å². The van der Waals surface area contributed by atoms with E-state index in [1.807, 2.05) is 0 Å². The van der Waals surface area contributed by atoms with Crippen molar-refractivity contribution in [3.8, 4) is 23.0 Å². The monoisotopic (exact) mass is 624 g/mol. The Kier molecular flexibility index (Phi) is 12.6. The van der Waals surface area contributed by atoms with Crippen LogP contribution in [0, 0.1) is 0 Å². The van der Waals surface area contributed by atoms with E-state index >= 15 is 0 Å². The van der Waals surface area contributed by atoms with E-state index in [0.29, 0.717) is 56.4 Å². The van der Waals surface area contributed by atoms with E-state index in [9.17, 15) is 0 Å². The highest BCUT2D eigenvalue weighted by Gasteiger charge is 2.16. The van der Waals surface area contributed by atoms with Gasteiger partial charge in [0, 0.05) is 33.4 Å². The summed E-state index contributed by atoms with van der Waals surface area (Å²) in [7, 11) is 0. The number of rotatable bonds is 16. The molecule has 0 heterocycles. The fraction of sp³-hybridized carbons (Fsp3) is 0.118. The van der Waals surface area contributed by atoms with Crippen LogP contribution in [0.2, 0.25) is 0 Å². The van der Waals surface area contributed by atoms with Gasteiger partial charge in [0.2, 0.25) is 0 Å². The van der Waals surface area contributed by atoms with Crippen molar-refractivity contribution in [1.82, 2.24) is 0 Å². The van der Waals surface area contributed by atoms with Crippen molar-refractivity contribution in [2.24, 2.45) is 20.6 Å². The maximum Gasteiger partial charge on any atom is 0.128 e. The lowest BCUT2D eigenvalue weighted by atomic mass is 10.1. The zero-order valence-corrected chi connectivity index (χ0v) is 24.6. The van der Waals surface area contributed by atoms with Crippen LogP contribution in [0.3, 0.4) is 0 Å². The first-order valence-corrected chi connectivity index (χ1v) is 13.9. The van der Waals surface area contributed by atoms with Gasteiger partial charge < -0.3 is 39.8 Å². The molecule has 0 spiro atoms. The number of para-hydroxylation sites is 4. The van der Waals surface area contributed by atoms with Crippen LogP contribution < -0.4 is 18.9 Å². The second-order valence-electron chi connectivity index (χ2n) is 9.49. The number of nitrogens with zero attached hydrogens (tertiary/aromatic N) is 4. The van der Waals surface area contributed by atoms with Crippen LogP contribution >= 0.6 is 0 Å². The Morgan fingerprint density at radius 3 is 0.826 bits per heavy atom. The molecule has 0 bridgehead atoms. The summed E-state index contributed by atoms with van der Waals surface area (Å²) in [5, 5.41) is 49.1. The van der Waals surface area contributed by atoms with Gasteiger partial charge >= 0.3 is 0 Å². The molecule has 0 aromatic heterocycles. The predicted octanol–water partition coefficient (Wildman–Crippen LogP) is 5.83. The average molecular weight is 625 g/mol. The Bertz CT molecular complexity index is 1470. The zero-order chi connectivity index (χ0) is 32.4. The van der Waals surface area contributed by atoms with E-state index in [1.54, 1.807) is 97.1 Å². The largest absolute Gasteiger partial charge is 0.488 e. The van der Waals surface area contributed by atoms with Gasteiger partial charge in [-0.1, -0.05) is 69.2 Å². The van der Waals surface area contributed by atoms with Crippen molar-refractivity contribution in [2.75, 3.05) is 26.4 Å². The summed E-state index contributed by atoms with van der Waals surface area (Å²) in [4.78, 5) is 0. The topological polar surface area (TPSA) is 167 Å². The van der Waals surface area contributed by atoms with Crippen molar-refractivity contribution in [3.05, 3.63) is 130 Å². The number of hydrogen-bond acceptors (Lipinski definition) is 12. The van der Waals surface area contributed by atoms with Gasteiger partial charge in [-0.3, -0.25) is 0 Å². The first-order valence-electron chi connectivity index (χ1n) is 13.9. The van der Waals surface area contributed by atoms with Crippen LogP contribution in [0.5, 0.6) is 23.0 Å². The van der Waals surface area contributed by atoms with Gasteiger partial charge in [-0.2, -0.15) is 0 Å². The number of ether oxygens (including phenoxy) is 4. The van der Waals surface area contributed by atoms with Crippen LogP contribution in [0.1, 0.15) is 22.3 Å². The maximum absolute atomic E-state index is 9.14. The van der Waals surface area contributed by atoms with Crippen molar-refractivity contribution in [3.63, 3.8) is 0 Å². The number of oxime groups is 4. The minimum atomic E-state index is 0.0219. The fourth-order valence-corrected chi connectivity index (χ4v) is 4.27. The van der Waals surface area contributed by atoms with Gasteiger partial charge in [-0.05, 0) is 48.5 Å². The Morgan fingerprint density at radius 2 is 0.609 bits per heavy atom. The molecule has 0 aliphatic carbocycles. The molecule has 0 aliphatic rings. The summed E-state index contributed by atoms with van der Waals surface area (Å²) in [6, 6.07) is 28.3. The smallest absolute Gasteiger partial charge is 0.128 e. The molecule has 0 fully saturated rings. The molecule has 4 rings (SSSR count). The van der Waals surface area contributed by atoms with Gasteiger partial charge in [0.25, 0.3) is 0 Å². The SMILES string of the molecule is O/N=C/c1ccccc1OCC(COc1ccccc1/C=N/O)=C(COc1ccccc1/C=N/O)COc1ccccc1/C=N/O. The lowest BCUT2D eigenvalue weighted by Gasteiger charge is -2.20.